The molecule has 1 aliphatic heterocycles. The zero-order chi connectivity index (χ0) is 15.0. The van der Waals surface area contributed by atoms with Gasteiger partial charge in [0.05, 0.1) is 12.2 Å². The summed E-state index contributed by atoms with van der Waals surface area (Å²) < 4.78 is 5.33. The minimum atomic E-state index is -0.380. The largest absolute Gasteiger partial charge is 0.462 e. The number of carbonyl (C=O) groups excluding carboxylic acids is 2. The molecule has 0 N–H and O–H groups in total. The van der Waals surface area contributed by atoms with Crippen molar-refractivity contribution in [3.05, 3.63) is 34.3 Å². The Morgan fingerprint density at radius 2 is 2.19 bits per heavy atom. The van der Waals surface area contributed by atoms with Gasteiger partial charge in [0.25, 0.3) is 0 Å². The molecule has 1 aromatic rings. The van der Waals surface area contributed by atoms with Gasteiger partial charge in [0.15, 0.2) is 0 Å². The minimum absolute atomic E-state index is 0.114. The number of hydrogen-bond donors (Lipinski definition) is 0. The molecule has 0 spiro atoms. The maximum Gasteiger partial charge on any atom is 0.338 e. The summed E-state index contributed by atoms with van der Waals surface area (Å²) in [5.74, 6) is -0.0749. The van der Waals surface area contributed by atoms with E-state index in [1.807, 2.05) is 11.8 Å². The maximum atomic E-state index is 12.0. The lowest BCUT2D eigenvalue weighted by Gasteiger charge is -2.15. The van der Waals surface area contributed by atoms with Crippen LogP contribution in [-0.4, -0.2) is 36.0 Å². The summed E-state index contributed by atoms with van der Waals surface area (Å²) in [5.41, 5.74) is 1.38. The number of nitrogens with zero attached hydrogens (tertiary/aromatic N) is 1. The van der Waals surface area contributed by atoms with Gasteiger partial charge in [-0.1, -0.05) is 17.7 Å². The molecule has 1 heterocycles. The lowest BCUT2D eigenvalue weighted by Crippen LogP contribution is -2.27. The summed E-state index contributed by atoms with van der Waals surface area (Å²) in [7, 11) is 0. The first-order chi connectivity index (χ1) is 10.0. The van der Waals surface area contributed by atoms with Crippen LogP contribution >= 0.6 is 11.6 Å². The molecule has 0 radical (unpaired) electrons. The van der Waals surface area contributed by atoms with E-state index in [0.29, 0.717) is 36.2 Å². The van der Waals surface area contributed by atoms with Crippen molar-refractivity contribution in [3.8, 4) is 0 Å². The summed E-state index contributed by atoms with van der Waals surface area (Å²) in [6, 6.07) is 5.57. The van der Waals surface area contributed by atoms with Gasteiger partial charge in [-0.25, -0.2) is 4.79 Å². The van der Waals surface area contributed by atoms with E-state index in [9.17, 15) is 9.59 Å². The van der Waals surface area contributed by atoms with Crippen molar-refractivity contribution >= 4 is 23.5 Å². The van der Waals surface area contributed by atoms with Crippen molar-refractivity contribution in [1.29, 1.82) is 0 Å². The van der Waals surface area contributed by atoms with Crippen LogP contribution in [0.4, 0.5) is 0 Å². The minimum Gasteiger partial charge on any atom is -0.462 e. The van der Waals surface area contributed by atoms with Crippen LogP contribution in [0.3, 0.4) is 0 Å². The third kappa shape index (κ3) is 3.21. The molecule has 1 aromatic carbocycles. The van der Waals surface area contributed by atoms with E-state index in [1.54, 1.807) is 18.2 Å². The number of aryl methyl sites for hydroxylation is 1. The molecule has 0 aromatic heterocycles. The number of carbonyl (C=O) groups is 2. The number of rotatable bonds is 4. The monoisotopic (exact) mass is 307 g/mol. The molecule has 5 heteroatoms. The molecule has 3 rings (SSSR count). The highest BCUT2D eigenvalue weighted by atomic mass is 35.5. The van der Waals surface area contributed by atoms with Gasteiger partial charge in [-0.05, 0) is 37.5 Å². The van der Waals surface area contributed by atoms with Crippen molar-refractivity contribution in [2.75, 3.05) is 13.2 Å². The fourth-order valence-corrected chi connectivity index (χ4v) is 2.84. The first kappa shape index (κ1) is 14.4. The average Bonchev–Trinajstić information content (AvgIpc) is 3.23. The normalized spacial score (nSPS) is 21.7. The van der Waals surface area contributed by atoms with Crippen molar-refractivity contribution in [2.45, 2.75) is 32.2 Å². The molecule has 21 heavy (non-hydrogen) atoms. The number of likely N-dealkylation sites (tertiary alicyclic amines) is 1. The van der Waals surface area contributed by atoms with Crippen LogP contribution in [0.2, 0.25) is 5.02 Å². The van der Waals surface area contributed by atoms with Gasteiger partial charge in [0.2, 0.25) is 5.91 Å². The van der Waals surface area contributed by atoms with E-state index in [1.165, 1.54) is 0 Å². The number of ether oxygens (including phenoxy) is 1. The SMILES string of the molecule is Cc1ccc(C(=O)OC[C@H]2CC(=O)N(C3CC3)C2)cc1Cl. The van der Waals surface area contributed by atoms with E-state index in [2.05, 4.69) is 0 Å². The summed E-state index contributed by atoms with van der Waals surface area (Å²) in [5, 5.41) is 0.556. The zero-order valence-corrected chi connectivity index (χ0v) is 12.7. The highest BCUT2D eigenvalue weighted by molar-refractivity contribution is 6.31. The van der Waals surface area contributed by atoms with Crippen molar-refractivity contribution < 1.29 is 14.3 Å². The molecular weight excluding hydrogens is 290 g/mol. The van der Waals surface area contributed by atoms with Crippen LogP contribution in [-0.2, 0) is 9.53 Å². The van der Waals surface area contributed by atoms with Crippen LogP contribution in [0.5, 0.6) is 0 Å². The fourth-order valence-electron chi connectivity index (χ4n) is 2.66. The highest BCUT2D eigenvalue weighted by Crippen LogP contribution is 2.32. The molecule has 112 valence electrons. The van der Waals surface area contributed by atoms with E-state index in [-0.39, 0.29) is 17.8 Å². The summed E-state index contributed by atoms with van der Waals surface area (Å²) >= 11 is 6.01. The first-order valence-corrected chi connectivity index (χ1v) is 7.65. The average molecular weight is 308 g/mol. The molecule has 2 fully saturated rings. The lowest BCUT2D eigenvalue weighted by molar-refractivity contribution is -0.128. The number of halogens is 1. The third-order valence-electron chi connectivity index (χ3n) is 4.08. The van der Waals surface area contributed by atoms with Crippen LogP contribution in [0, 0.1) is 12.8 Å². The Morgan fingerprint density at radius 1 is 1.43 bits per heavy atom. The number of hydrogen-bond acceptors (Lipinski definition) is 3. The smallest absolute Gasteiger partial charge is 0.338 e. The van der Waals surface area contributed by atoms with E-state index >= 15 is 0 Å². The second-order valence-corrected chi connectivity index (χ2v) is 6.32. The van der Waals surface area contributed by atoms with Gasteiger partial charge in [-0.15, -0.1) is 0 Å². The van der Waals surface area contributed by atoms with Gasteiger partial charge in [-0.3, -0.25) is 4.79 Å². The Labute approximate surface area is 129 Å². The first-order valence-electron chi connectivity index (χ1n) is 7.27. The molecule has 4 nitrogen and oxygen atoms in total. The van der Waals surface area contributed by atoms with E-state index in [0.717, 1.165) is 18.4 Å². The standard InChI is InChI=1S/C16H18ClNO3/c1-10-2-3-12(7-14(10)17)16(20)21-9-11-6-15(19)18(8-11)13-4-5-13/h2-3,7,11,13H,4-6,8-9H2,1H3/t11-/m0/s1. The second-order valence-electron chi connectivity index (χ2n) is 5.91. The van der Waals surface area contributed by atoms with Gasteiger partial charge in [0.1, 0.15) is 0 Å². The van der Waals surface area contributed by atoms with Crippen LogP contribution in [0.25, 0.3) is 0 Å². The Hall–Kier alpha value is -1.55. The van der Waals surface area contributed by atoms with Crippen LogP contribution in [0.15, 0.2) is 18.2 Å². The van der Waals surface area contributed by atoms with E-state index < -0.39 is 0 Å². The Kier molecular flexibility index (Phi) is 3.89. The fraction of sp³-hybridized carbons (Fsp3) is 0.500. The highest BCUT2D eigenvalue weighted by Gasteiger charge is 2.39. The van der Waals surface area contributed by atoms with Gasteiger partial charge >= 0.3 is 5.97 Å². The van der Waals surface area contributed by atoms with Gasteiger partial charge < -0.3 is 9.64 Å². The van der Waals surface area contributed by atoms with Gasteiger partial charge in [-0.2, -0.15) is 0 Å². The molecule has 1 amide bonds. The lowest BCUT2D eigenvalue weighted by atomic mass is 10.1. The molecule has 2 aliphatic rings. The van der Waals surface area contributed by atoms with Crippen molar-refractivity contribution in [3.63, 3.8) is 0 Å². The van der Waals surface area contributed by atoms with Crippen LogP contribution < -0.4 is 0 Å². The predicted octanol–water partition coefficient (Wildman–Crippen LogP) is 2.82. The number of benzene rings is 1. The number of esters is 1. The quantitative estimate of drug-likeness (QED) is 0.804. The summed E-state index contributed by atoms with van der Waals surface area (Å²) in [4.78, 5) is 25.8. The maximum absolute atomic E-state index is 12.0. The van der Waals surface area contributed by atoms with E-state index in [4.69, 9.17) is 16.3 Å². The van der Waals surface area contributed by atoms with Gasteiger partial charge in [0, 0.05) is 29.9 Å². The summed E-state index contributed by atoms with van der Waals surface area (Å²) in [6.45, 7) is 2.89. The predicted molar refractivity (Wildman–Crippen MR) is 79.3 cm³/mol. The Morgan fingerprint density at radius 3 is 2.86 bits per heavy atom. The molecule has 0 bridgehead atoms. The molecule has 1 saturated heterocycles. The van der Waals surface area contributed by atoms with Crippen LogP contribution in [0.1, 0.15) is 35.2 Å². The number of amides is 1. The Balaban J connectivity index is 1.54. The zero-order valence-electron chi connectivity index (χ0n) is 12.0. The Bertz CT molecular complexity index is 583. The second kappa shape index (κ2) is 5.68. The topological polar surface area (TPSA) is 46.6 Å². The third-order valence-corrected chi connectivity index (χ3v) is 4.49. The summed E-state index contributed by atoms with van der Waals surface area (Å²) in [6.07, 6.45) is 2.71. The molecule has 1 saturated carbocycles. The molecule has 0 unspecified atom stereocenters. The van der Waals surface area contributed by atoms with Crippen molar-refractivity contribution in [1.82, 2.24) is 4.90 Å². The molecular formula is C16H18ClNO3. The molecule has 1 atom stereocenters. The van der Waals surface area contributed by atoms with Crippen molar-refractivity contribution in [2.24, 2.45) is 5.92 Å². The molecule has 1 aliphatic carbocycles.